The van der Waals surface area contributed by atoms with Crippen LogP contribution in [0.15, 0.2) is 42.7 Å². The van der Waals surface area contributed by atoms with Gasteiger partial charge in [0.2, 0.25) is 0 Å². The highest BCUT2D eigenvalue weighted by atomic mass is 15.3. The van der Waals surface area contributed by atoms with E-state index in [2.05, 4.69) is 56.3 Å². The largest absolute Gasteiger partial charge is 0.268 e. The Morgan fingerprint density at radius 3 is 2.38 bits per heavy atom. The molecule has 2 aromatic rings. The summed E-state index contributed by atoms with van der Waals surface area (Å²) in [6.07, 6.45) is 4.09. The molecule has 0 aliphatic rings. The lowest BCUT2D eigenvalue weighted by Crippen LogP contribution is -2.09. The Balaban J connectivity index is 2.15. The smallest absolute Gasteiger partial charge is 0.0659 e. The van der Waals surface area contributed by atoms with Crippen molar-refractivity contribution in [1.82, 2.24) is 9.78 Å². The van der Waals surface area contributed by atoms with Crippen molar-refractivity contribution in [3.05, 3.63) is 53.9 Å². The maximum absolute atomic E-state index is 4.39. The minimum Gasteiger partial charge on any atom is -0.268 e. The number of hydrogen-bond acceptors (Lipinski definition) is 1. The van der Waals surface area contributed by atoms with Crippen LogP contribution in [0, 0.1) is 0 Å². The molecule has 0 aliphatic heterocycles. The van der Waals surface area contributed by atoms with Crippen molar-refractivity contribution in [1.29, 1.82) is 0 Å². The first-order valence-electron chi connectivity index (χ1n) is 5.62. The van der Waals surface area contributed by atoms with Crippen LogP contribution in [0.2, 0.25) is 0 Å². The van der Waals surface area contributed by atoms with Gasteiger partial charge >= 0.3 is 0 Å². The molecule has 2 rings (SSSR count). The summed E-state index contributed by atoms with van der Waals surface area (Å²) in [6, 6.07) is 10.4. The van der Waals surface area contributed by atoms with Crippen molar-refractivity contribution >= 4 is 0 Å². The molecule has 0 amide bonds. The van der Waals surface area contributed by atoms with Crippen molar-refractivity contribution in [3.8, 4) is 0 Å². The number of nitrogens with zero attached hydrogens (tertiary/aromatic N) is 2. The zero-order chi connectivity index (χ0) is 11.6. The van der Waals surface area contributed by atoms with Crippen LogP contribution < -0.4 is 0 Å². The van der Waals surface area contributed by atoms with Crippen molar-refractivity contribution in [2.75, 3.05) is 0 Å². The topological polar surface area (TPSA) is 17.8 Å². The van der Waals surface area contributed by atoms with Crippen molar-refractivity contribution in [3.63, 3.8) is 0 Å². The molecule has 0 N–H and O–H groups in total. The third-order valence-electron chi connectivity index (χ3n) is 2.69. The van der Waals surface area contributed by atoms with E-state index >= 15 is 0 Å². The fraction of sp³-hybridized carbons (Fsp3) is 0.357. The van der Waals surface area contributed by atoms with E-state index in [0.717, 1.165) is 6.54 Å². The van der Waals surface area contributed by atoms with Crippen LogP contribution >= 0.6 is 0 Å². The van der Waals surface area contributed by atoms with E-state index in [4.69, 9.17) is 0 Å². The SMILES string of the molecule is CC(C)(C)c1cnn(Cc2ccccc2)c1. The van der Waals surface area contributed by atoms with Crippen LogP contribution in [0.5, 0.6) is 0 Å². The highest BCUT2D eigenvalue weighted by molar-refractivity contribution is 5.18. The predicted octanol–water partition coefficient (Wildman–Crippen LogP) is 3.23. The number of benzene rings is 1. The second-order valence-electron chi connectivity index (χ2n) is 5.16. The molecule has 84 valence electrons. The van der Waals surface area contributed by atoms with Crippen molar-refractivity contribution < 1.29 is 0 Å². The van der Waals surface area contributed by atoms with Gasteiger partial charge in [-0.25, -0.2) is 0 Å². The molecule has 1 aromatic carbocycles. The summed E-state index contributed by atoms with van der Waals surface area (Å²) in [5.41, 5.74) is 2.74. The average Bonchev–Trinajstić information content (AvgIpc) is 2.67. The molecular formula is C14H18N2. The Kier molecular flexibility index (Phi) is 2.82. The molecule has 1 heterocycles. The van der Waals surface area contributed by atoms with Gasteiger partial charge in [-0.15, -0.1) is 0 Å². The Hall–Kier alpha value is -1.57. The zero-order valence-electron chi connectivity index (χ0n) is 10.1. The molecule has 0 bridgehead atoms. The normalized spacial score (nSPS) is 11.7. The predicted molar refractivity (Wildman–Crippen MR) is 66.5 cm³/mol. The maximum atomic E-state index is 4.39. The molecular weight excluding hydrogens is 196 g/mol. The minimum atomic E-state index is 0.176. The van der Waals surface area contributed by atoms with Gasteiger partial charge in [0.05, 0.1) is 12.7 Å². The highest BCUT2D eigenvalue weighted by Crippen LogP contribution is 2.21. The fourth-order valence-electron chi connectivity index (χ4n) is 1.61. The van der Waals surface area contributed by atoms with E-state index in [9.17, 15) is 0 Å². The molecule has 0 fully saturated rings. The van der Waals surface area contributed by atoms with E-state index in [1.165, 1.54) is 11.1 Å². The van der Waals surface area contributed by atoms with Gasteiger partial charge in [0.1, 0.15) is 0 Å². The minimum absolute atomic E-state index is 0.176. The molecule has 0 spiro atoms. The summed E-state index contributed by atoms with van der Waals surface area (Å²) in [5.74, 6) is 0. The first kappa shape index (κ1) is 10.9. The van der Waals surface area contributed by atoms with Crippen LogP contribution in [-0.2, 0) is 12.0 Å². The quantitative estimate of drug-likeness (QED) is 0.750. The summed E-state index contributed by atoms with van der Waals surface area (Å²) in [7, 11) is 0. The van der Waals surface area contributed by atoms with E-state index < -0.39 is 0 Å². The maximum Gasteiger partial charge on any atom is 0.0659 e. The second-order valence-corrected chi connectivity index (χ2v) is 5.16. The summed E-state index contributed by atoms with van der Waals surface area (Å²) in [5, 5.41) is 4.39. The van der Waals surface area contributed by atoms with Gasteiger partial charge in [0.25, 0.3) is 0 Å². The molecule has 16 heavy (non-hydrogen) atoms. The number of rotatable bonds is 2. The lowest BCUT2D eigenvalue weighted by atomic mass is 9.90. The van der Waals surface area contributed by atoms with Gasteiger partial charge in [0, 0.05) is 6.20 Å². The van der Waals surface area contributed by atoms with Crippen LogP contribution in [0.1, 0.15) is 31.9 Å². The van der Waals surface area contributed by atoms with E-state index in [1.807, 2.05) is 16.9 Å². The molecule has 2 heteroatoms. The average molecular weight is 214 g/mol. The molecule has 0 radical (unpaired) electrons. The van der Waals surface area contributed by atoms with E-state index in [-0.39, 0.29) is 5.41 Å². The number of aromatic nitrogens is 2. The van der Waals surface area contributed by atoms with Crippen LogP contribution in [0.4, 0.5) is 0 Å². The van der Waals surface area contributed by atoms with Crippen LogP contribution in [0.25, 0.3) is 0 Å². The van der Waals surface area contributed by atoms with Gasteiger partial charge in [-0.1, -0.05) is 51.1 Å². The highest BCUT2D eigenvalue weighted by Gasteiger charge is 2.15. The molecule has 0 aliphatic carbocycles. The standard InChI is InChI=1S/C14H18N2/c1-14(2,3)13-9-15-16(11-13)10-12-7-5-4-6-8-12/h4-9,11H,10H2,1-3H3. The van der Waals surface area contributed by atoms with Crippen molar-refractivity contribution in [2.45, 2.75) is 32.7 Å². The van der Waals surface area contributed by atoms with Gasteiger partial charge in [-0.3, -0.25) is 4.68 Å². The van der Waals surface area contributed by atoms with Crippen LogP contribution in [0.3, 0.4) is 0 Å². The zero-order valence-corrected chi connectivity index (χ0v) is 10.1. The summed E-state index contributed by atoms with van der Waals surface area (Å²) < 4.78 is 2.00. The molecule has 2 nitrogen and oxygen atoms in total. The Labute approximate surface area is 96.9 Å². The summed E-state index contributed by atoms with van der Waals surface area (Å²) in [6.45, 7) is 7.46. The Morgan fingerprint density at radius 2 is 1.81 bits per heavy atom. The van der Waals surface area contributed by atoms with Crippen LogP contribution in [-0.4, -0.2) is 9.78 Å². The van der Waals surface area contributed by atoms with Crippen molar-refractivity contribution in [2.24, 2.45) is 0 Å². The summed E-state index contributed by atoms with van der Waals surface area (Å²) in [4.78, 5) is 0. The lowest BCUT2D eigenvalue weighted by Gasteiger charge is -2.15. The Morgan fingerprint density at radius 1 is 1.12 bits per heavy atom. The van der Waals surface area contributed by atoms with Gasteiger partial charge < -0.3 is 0 Å². The number of hydrogen-bond donors (Lipinski definition) is 0. The van der Waals surface area contributed by atoms with E-state index in [0.29, 0.717) is 0 Å². The Bertz CT molecular complexity index is 449. The van der Waals surface area contributed by atoms with Gasteiger partial charge in [0.15, 0.2) is 0 Å². The van der Waals surface area contributed by atoms with Gasteiger partial charge in [-0.05, 0) is 16.5 Å². The molecule has 0 saturated carbocycles. The lowest BCUT2D eigenvalue weighted by molar-refractivity contribution is 0.587. The third kappa shape index (κ3) is 2.51. The third-order valence-corrected chi connectivity index (χ3v) is 2.69. The van der Waals surface area contributed by atoms with E-state index in [1.54, 1.807) is 0 Å². The fourth-order valence-corrected chi connectivity index (χ4v) is 1.61. The summed E-state index contributed by atoms with van der Waals surface area (Å²) >= 11 is 0. The first-order chi connectivity index (χ1) is 7.55. The molecule has 1 aromatic heterocycles. The van der Waals surface area contributed by atoms with Gasteiger partial charge in [-0.2, -0.15) is 5.10 Å². The second kappa shape index (κ2) is 4.12. The first-order valence-corrected chi connectivity index (χ1v) is 5.62. The molecule has 0 unspecified atom stereocenters. The molecule has 0 saturated heterocycles. The monoisotopic (exact) mass is 214 g/mol. The molecule has 0 atom stereocenters.